The van der Waals surface area contributed by atoms with E-state index in [9.17, 15) is 18.8 Å². The van der Waals surface area contributed by atoms with Crippen molar-refractivity contribution in [1.29, 1.82) is 0 Å². The number of thioether (sulfide) groups is 1. The maximum absolute atomic E-state index is 13.8. The Kier molecular flexibility index (Phi) is 6.44. The largest absolute Gasteiger partial charge is 0.454 e. The molecule has 1 saturated heterocycles. The highest BCUT2D eigenvalue weighted by Crippen LogP contribution is 2.34. The first-order valence-corrected chi connectivity index (χ1v) is 10.6. The number of benzene rings is 2. The second kappa shape index (κ2) is 9.42. The topological polar surface area (TPSA) is 144 Å². The summed E-state index contributed by atoms with van der Waals surface area (Å²) in [5.74, 6) is -1.13. The van der Waals surface area contributed by atoms with Gasteiger partial charge in [-0.15, -0.1) is 11.8 Å². The average molecular weight is 461 g/mol. The van der Waals surface area contributed by atoms with Gasteiger partial charge in [0.25, 0.3) is 5.91 Å². The second-order valence-electron chi connectivity index (χ2n) is 6.94. The molecule has 0 spiro atoms. The van der Waals surface area contributed by atoms with E-state index >= 15 is 0 Å². The first kappa shape index (κ1) is 21.9. The zero-order valence-corrected chi connectivity index (χ0v) is 17.4. The molecule has 0 bridgehead atoms. The molecule has 2 aromatic carbocycles. The van der Waals surface area contributed by atoms with Crippen molar-refractivity contribution < 1.29 is 28.2 Å². The van der Waals surface area contributed by atoms with Gasteiger partial charge in [0.05, 0.1) is 17.5 Å². The highest BCUT2D eigenvalue weighted by molar-refractivity contribution is 8.00. The summed E-state index contributed by atoms with van der Waals surface area (Å²) >= 11 is 1.11. The van der Waals surface area contributed by atoms with Crippen molar-refractivity contribution in [3.63, 3.8) is 0 Å². The van der Waals surface area contributed by atoms with Crippen molar-refractivity contribution >= 4 is 35.2 Å². The molecule has 2 aromatic rings. The Morgan fingerprint density at radius 2 is 1.97 bits per heavy atom. The van der Waals surface area contributed by atoms with Gasteiger partial charge < -0.3 is 31.2 Å². The molecule has 2 aliphatic heterocycles. The number of anilines is 1. The number of carbonyl (C=O) groups excluding carboxylic acids is 3. The molecule has 0 aliphatic carbocycles. The minimum atomic E-state index is -1.11. The fraction of sp³-hybridized carbons (Fsp3) is 0.250. The molecule has 12 heteroatoms. The van der Waals surface area contributed by atoms with Crippen molar-refractivity contribution in [2.24, 2.45) is 5.73 Å². The van der Waals surface area contributed by atoms with E-state index in [4.69, 9.17) is 15.2 Å². The molecule has 0 aromatic heterocycles. The van der Waals surface area contributed by atoms with Crippen molar-refractivity contribution in [1.82, 2.24) is 16.0 Å². The molecule has 0 radical (unpaired) electrons. The smallest absolute Gasteiger partial charge is 0.254 e. The molecule has 3 amide bonds. The Morgan fingerprint density at radius 3 is 2.75 bits per heavy atom. The third-order valence-corrected chi connectivity index (χ3v) is 5.72. The van der Waals surface area contributed by atoms with Crippen LogP contribution in [0.5, 0.6) is 11.5 Å². The summed E-state index contributed by atoms with van der Waals surface area (Å²) < 4.78 is 24.3. The van der Waals surface area contributed by atoms with Gasteiger partial charge in [-0.05, 0) is 24.3 Å². The predicted octanol–water partition coefficient (Wildman–Crippen LogP) is 0.312. The average Bonchev–Trinajstić information content (AvgIpc) is 3.23. The number of nitrogens with one attached hydrogen (secondary N) is 4. The normalized spacial score (nSPS) is 21.6. The van der Waals surface area contributed by atoms with Gasteiger partial charge in [-0.25, -0.2) is 4.39 Å². The number of amides is 3. The number of hydrogen-bond acceptors (Lipinski definition) is 8. The Hall–Kier alpha value is -3.35. The lowest BCUT2D eigenvalue weighted by Gasteiger charge is -2.35. The Bertz CT molecular complexity index is 1050. The minimum Gasteiger partial charge on any atom is -0.454 e. The standard InChI is InChI=1S/C20H20FN5O5S/c21-12-4-2-1-3-11(12)18(28)24-16-17(22)25-20(26-19(16)29)32-8-15(27)23-10-5-6-13-14(7-10)31-9-30-13/h1-7,16-17,20,25H,8-9,22H2,(H,23,27)(H,24,28)(H,26,29). The number of ether oxygens (including phenoxy) is 2. The lowest BCUT2D eigenvalue weighted by Crippen LogP contribution is -2.70. The first-order valence-electron chi connectivity index (χ1n) is 9.59. The third-order valence-electron chi connectivity index (χ3n) is 4.70. The Labute approximate surface area is 186 Å². The van der Waals surface area contributed by atoms with E-state index in [2.05, 4.69) is 21.3 Å². The molecule has 2 heterocycles. The summed E-state index contributed by atoms with van der Waals surface area (Å²) in [6, 6.07) is 9.36. The predicted molar refractivity (Wildman–Crippen MR) is 114 cm³/mol. The molecule has 168 valence electrons. The maximum atomic E-state index is 13.8. The molecule has 2 aliphatic rings. The van der Waals surface area contributed by atoms with Crippen LogP contribution in [0.1, 0.15) is 10.4 Å². The second-order valence-corrected chi connectivity index (χ2v) is 8.03. The number of hydrogen-bond donors (Lipinski definition) is 5. The maximum Gasteiger partial charge on any atom is 0.254 e. The number of rotatable bonds is 6. The molecule has 6 N–H and O–H groups in total. The van der Waals surface area contributed by atoms with Crippen LogP contribution in [0.4, 0.5) is 10.1 Å². The minimum absolute atomic E-state index is 0.0192. The van der Waals surface area contributed by atoms with Gasteiger partial charge in [-0.1, -0.05) is 12.1 Å². The molecule has 4 rings (SSSR count). The Morgan fingerprint density at radius 1 is 1.19 bits per heavy atom. The van der Waals surface area contributed by atoms with Gasteiger partial charge in [-0.3, -0.25) is 19.7 Å². The summed E-state index contributed by atoms with van der Waals surface area (Å²) in [5.41, 5.74) is 5.69. The summed E-state index contributed by atoms with van der Waals surface area (Å²) in [5, 5.41) is 10.7. The fourth-order valence-corrected chi connectivity index (χ4v) is 3.98. The highest BCUT2D eigenvalue weighted by atomic mass is 32.2. The van der Waals surface area contributed by atoms with Gasteiger partial charge in [0, 0.05) is 11.8 Å². The Balaban J connectivity index is 1.27. The number of nitrogens with two attached hydrogens (primary N) is 1. The van der Waals surface area contributed by atoms with Crippen LogP contribution in [0.25, 0.3) is 0 Å². The zero-order chi connectivity index (χ0) is 22.7. The summed E-state index contributed by atoms with van der Waals surface area (Å²) in [6.45, 7) is 0.137. The van der Waals surface area contributed by atoms with Gasteiger partial charge in [0.2, 0.25) is 18.6 Å². The van der Waals surface area contributed by atoms with Crippen molar-refractivity contribution in [3.05, 3.63) is 53.8 Å². The van der Waals surface area contributed by atoms with Crippen LogP contribution >= 0.6 is 11.8 Å². The fourth-order valence-electron chi connectivity index (χ4n) is 3.13. The van der Waals surface area contributed by atoms with E-state index in [1.54, 1.807) is 18.2 Å². The van der Waals surface area contributed by atoms with Crippen molar-refractivity contribution in [3.8, 4) is 11.5 Å². The van der Waals surface area contributed by atoms with E-state index in [1.807, 2.05) is 0 Å². The quantitative estimate of drug-likeness (QED) is 0.414. The first-order chi connectivity index (χ1) is 15.4. The van der Waals surface area contributed by atoms with E-state index in [1.165, 1.54) is 18.2 Å². The van der Waals surface area contributed by atoms with Gasteiger partial charge in [0.15, 0.2) is 11.5 Å². The summed E-state index contributed by atoms with van der Waals surface area (Å²) in [4.78, 5) is 37.0. The van der Waals surface area contributed by atoms with Crippen LogP contribution in [0.15, 0.2) is 42.5 Å². The zero-order valence-electron chi connectivity index (χ0n) is 16.6. The molecular weight excluding hydrogens is 441 g/mol. The number of carbonyl (C=O) groups is 3. The summed E-state index contributed by atoms with van der Waals surface area (Å²) in [7, 11) is 0. The molecule has 32 heavy (non-hydrogen) atoms. The van der Waals surface area contributed by atoms with E-state index in [0.717, 1.165) is 17.8 Å². The van der Waals surface area contributed by atoms with Crippen LogP contribution in [0.2, 0.25) is 0 Å². The molecule has 3 unspecified atom stereocenters. The van der Waals surface area contributed by atoms with Crippen LogP contribution in [0.3, 0.4) is 0 Å². The molecular formula is C20H20FN5O5S. The lowest BCUT2D eigenvalue weighted by atomic mass is 10.1. The van der Waals surface area contributed by atoms with Crippen molar-refractivity contribution in [2.45, 2.75) is 17.7 Å². The van der Waals surface area contributed by atoms with Crippen molar-refractivity contribution in [2.75, 3.05) is 17.9 Å². The third kappa shape index (κ3) is 4.93. The summed E-state index contributed by atoms with van der Waals surface area (Å²) in [6.07, 6.45) is -0.936. The van der Waals surface area contributed by atoms with Crippen LogP contribution < -0.4 is 36.5 Å². The van der Waals surface area contributed by atoms with Gasteiger partial charge in [-0.2, -0.15) is 0 Å². The number of halogens is 1. The molecule has 1 fully saturated rings. The number of fused-ring (bicyclic) bond motifs is 1. The van der Waals surface area contributed by atoms with Gasteiger partial charge >= 0.3 is 0 Å². The highest BCUT2D eigenvalue weighted by Gasteiger charge is 2.35. The van der Waals surface area contributed by atoms with Crippen LogP contribution in [-0.2, 0) is 9.59 Å². The van der Waals surface area contributed by atoms with E-state index in [0.29, 0.717) is 17.2 Å². The van der Waals surface area contributed by atoms with Gasteiger partial charge in [0.1, 0.15) is 17.4 Å². The van der Waals surface area contributed by atoms with E-state index < -0.39 is 35.3 Å². The van der Waals surface area contributed by atoms with Crippen LogP contribution in [-0.4, -0.2) is 48.0 Å². The molecule has 10 nitrogen and oxygen atoms in total. The molecule has 0 saturated carbocycles. The lowest BCUT2D eigenvalue weighted by molar-refractivity contribution is -0.125. The molecule has 3 atom stereocenters. The van der Waals surface area contributed by atoms with Crippen LogP contribution in [0, 0.1) is 5.82 Å². The monoisotopic (exact) mass is 461 g/mol. The van der Waals surface area contributed by atoms with E-state index in [-0.39, 0.29) is 24.0 Å². The SMILES string of the molecule is NC1NC(SCC(=O)Nc2ccc3c(c2)OCO3)NC(=O)C1NC(=O)c1ccccc1F.